The predicted molar refractivity (Wildman–Crippen MR) is 103 cm³/mol. The molecule has 0 fully saturated rings. The number of anilines is 1. The number of ether oxygens (including phenoxy) is 1. The van der Waals surface area contributed by atoms with Crippen molar-refractivity contribution in [2.24, 2.45) is 0 Å². The zero-order valence-electron chi connectivity index (χ0n) is 14.2. The van der Waals surface area contributed by atoms with Crippen LogP contribution in [0.3, 0.4) is 0 Å². The summed E-state index contributed by atoms with van der Waals surface area (Å²) in [4.78, 5) is 13.8. The lowest BCUT2D eigenvalue weighted by molar-refractivity contribution is 0.146. The summed E-state index contributed by atoms with van der Waals surface area (Å²) in [6.45, 7) is 0.142. The van der Waals surface area contributed by atoms with Gasteiger partial charge in [-0.3, -0.25) is 4.90 Å². The third kappa shape index (κ3) is 5.14. The maximum atomic E-state index is 14.3. The smallest absolute Gasteiger partial charge is 0.415 e. The van der Waals surface area contributed by atoms with Gasteiger partial charge in [0.15, 0.2) is 0 Å². The normalized spacial score (nSPS) is 10.5. The highest BCUT2D eigenvalue weighted by Crippen LogP contribution is 2.24. The Morgan fingerprint density at radius 3 is 2.30 bits per heavy atom. The predicted octanol–water partition coefficient (Wildman–Crippen LogP) is 6.07. The van der Waals surface area contributed by atoms with Crippen molar-refractivity contribution in [3.8, 4) is 0 Å². The van der Waals surface area contributed by atoms with Crippen molar-refractivity contribution in [2.75, 3.05) is 4.90 Å². The Morgan fingerprint density at radius 1 is 0.926 bits per heavy atom. The van der Waals surface area contributed by atoms with Crippen LogP contribution in [-0.4, -0.2) is 6.09 Å². The molecule has 0 spiro atoms. The number of hydrogen-bond donors (Lipinski definition) is 0. The molecule has 3 aromatic carbocycles. The average molecular weight is 432 g/mol. The minimum absolute atomic E-state index is 0.0441. The molecule has 27 heavy (non-hydrogen) atoms. The molecule has 3 nitrogen and oxygen atoms in total. The number of amides is 1. The number of rotatable bonds is 5. The molecule has 0 aromatic heterocycles. The first-order valence-corrected chi connectivity index (χ1v) is 9.00. The first-order valence-electron chi connectivity index (χ1n) is 8.20. The van der Waals surface area contributed by atoms with E-state index >= 15 is 0 Å². The Bertz CT molecular complexity index is 917. The van der Waals surface area contributed by atoms with E-state index in [9.17, 15) is 13.6 Å². The van der Waals surface area contributed by atoms with Gasteiger partial charge in [0.05, 0.1) is 12.2 Å². The van der Waals surface area contributed by atoms with Gasteiger partial charge in [0.1, 0.15) is 18.2 Å². The maximum absolute atomic E-state index is 14.3. The summed E-state index contributed by atoms with van der Waals surface area (Å²) in [6.07, 6.45) is -0.715. The van der Waals surface area contributed by atoms with E-state index in [0.717, 1.165) is 32.6 Å². The Hall–Kier alpha value is -2.73. The van der Waals surface area contributed by atoms with Crippen molar-refractivity contribution >= 4 is 27.7 Å². The topological polar surface area (TPSA) is 29.5 Å². The third-order valence-electron chi connectivity index (χ3n) is 3.88. The number of benzene rings is 3. The molecular formula is C21H16BrF2NO2. The summed E-state index contributed by atoms with van der Waals surface area (Å²) in [5.41, 5.74) is 1.55. The van der Waals surface area contributed by atoms with Crippen molar-refractivity contribution in [3.63, 3.8) is 0 Å². The molecule has 0 heterocycles. The highest BCUT2D eigenvalue weighted by Gasteiger charge is 2.21. The van der Waals surface area contributed by atoms with Crippen molar-refractivity contribution in [3.05, 3.63) is 100 Å². The molecule has 1 amide bonds. The van der Waals surface area contributed by atoms with Crippen molar-refractivity contribution in [1.82, 2.24) is 0 Å². The molecule has 0 N–H and O–H groups in total. The minimum atomic E-state index is -0.830. The van der Waals surface area contributed by atoms with E-state index < -0.39 is 17.7 Å². The van der Waals surface area contributed by atoms with Crippen LogP contribution in [-0.2, 0) is 17.9 Å². The molecule has 0 bridgehead atoms. The number of carbonyl (C=O) groups excluding carboxylic acids is 1. The van der Waals surface area contributed by atoms with E-state index in [1.807, 2.05) is 54.6 Å². The lowest BCUT2D eigenvalue weighted by atomic mass is 10.2. The van der Waals surface area contributed by atoms with E-state index in [4.69, 9.17) is 4.74 Å². The Labute approximate surface area is 164 Å². The van der Waals surface area contributed by atoms with Crippen LogP contribution in [0.25, 0.3) is 0 Å². The third-order valence-corrected chi connectivity index (χ3v) is 4.41. The molecule has 0 aliphatic rings. The van der Waals surface area contributed by atoms with E-state index in [0.29, 0.717) is 0 Å². The van der Waals surface area contributed by atoms with Gasteiger partial charge in [-0.25, -0.2) is 13.6 Å². The van der Waals surface area contributed by atoms with E-state index in [2.05, 4.69) is 15.9 Å². The number of hydrogen-bond acceptors (Lipinski definition) is 2. The van der Waals surface area contributed by atoms with Gasteiger partial charge in [-0.1, -0.05) is 58.4 Å². The van der Waals surface area contributed by atoms with Crippen molar-refractivity contribution < 1.29 is 18.3 Å². The zero-order chi connectivity index (χ0) is 19.2. The second-order valence-corrected chi connectivity index (χ2v) is 6.76. The fourth-order valence-corrected chi connectivity index (χ4v) is 2.78. The van der Waals surface area contributed by atoms with Gasteiger partial charge in [0, 0.05) is 10.5 Å². The second-order valence-electron chi connectivity index (χ2n) is 5.85. The molecule has 0 aliphatic heterocycles. The van der Waals surface area contributed by atoms with Crippen LogP contribution >= 0.6 is 15.9 Å². The highest BCUT2D eigenvalue weighted by atomic mass is 79.9. The highest BCUT2D eigenvalue weighted by molar-refractivity contribution is 9.10. The van der Waals surface area contributed by atoms with Gasteiger partial charge >= 0.3 is 6.09 Å². The van der Waals surface area contributed by atoms with E-state index in [-0.39, 0.29) is 18.8 Å². The number of halogens is 3. The van der Waals surface area contributed by atoms with Gasteiger partial charge in [-0.05, 0) is 35.4 Å². The van der Waals surface area contributed by atoms with Crippen LogP contribution in [0.15, 0.2) is 77.3 Å². The van der Waals surface area contributed by atoms with Crippen molar-refractivity contribution in [1.29, 1.82) is 0 Å². The van der Waals surface area contributed by atoms with Crippen LogP contribution in [0.5, 0.6) is 0 Å². The number of carbonyl (C=O) groups is 1. The largest absolute Gasteiger partial charge is 0.444 e. The zero-order valence-corrected chi connectivity index (χ0v) is 15.8. The quantitative estimate of drug-likeness (QED) is 0.490. The summed E-state index contributed by atoms with van der Waals surface area (Å²) in [6, 6.07) is 19.5. The SMILES string of the molecule is O=C(OCc1ccccc1)N(Cc1ccc(Br)cc1)c1ccc(F)cc1F. The molecule has 0 saturated heterocycles. The maximum Gasteiger partial charge on any atom is 0.415 e. The van der Waals surface area contributed by atoms with Gasteiger partial charge in [-0.15, -0.1) is 0 Å². The van der Waals surface area contributed by atoms with Crippen LogP contribution in [0.1, 0.15) is 11.1 Å². The van der Waals surface area contributed by atoms with Gasteiger partial charge in [0.2, 0.25) is 0 Å². The van der Waals surface area contributed by atoms with Crippen LogP contribution in [0, 0.1) is 11.6 Å². The molecule has 3 aromatic rings. The lowest BCUT2D eigenvalue weighted by Gasteiger charge is -2.23. The fourth-order valence-electron chi connectivity index (χ4n) is 2.52. The van der Waals surface area contributed by atoms with Crippen LogP contribution in [0.2, 0.25) is 0 Å². The lowest BCUT2D eigenvalue weighted by Crippen LogP contribution is -2.31. The Morgan fingerprint density at radius 2 is 1.63 bits per heavy atom. The first-order chi connectivity index (χ1) is 13.0. The van der Waals surface area contributed by atoms with Crippen LogP contribution < -0.4 is 4.90 Å². The van der Waals surface area contributed by atoms with Crippen LogP contribution in [0.4, 0.5) is 19.3 Å². The molecule has 0 atom stereocenters. The molecule has 138 valence electrons. The second kappa shape index (κ2) is 8.77. The molecule has 6 heteroatoms. The van der Waals surface area contributed by atoms with Gasteiger partial charge in [0.25, 0.3) is 0 Å². The monoisotopic (exact) mass is 431 g/mol. The van der Waals surface area contributed by atoms with Crippen molar-refractivity contribution in [2.45, 2.75) is 13.2 Å². The Kier molecular flexibility index (Phi) is 6.19. The van der Waals surface area contributed by atoms with Gasteiger partial charge in [-0.2, -0.15) is 0 Å². The van der Waals surface area contributed by atoms with E-state index in [1.165, 1.54) is 6.07 Å². The minimum Gasteiger partial charge on any atom is -0.444 e. The summed E-state index contributed by atoms with van der Waals surface area (Å²) in [7, 11) is 0. The summed E-state index contributed by atoms with van der Waals surface area (Å²) in [5, 5.41) is 0. The standard InChI is InChI=1S/C21H16BrF2NO2/c22-17-8-6-15(7-9-17)13-25(20-11-10-18(23)12-19(20)24)21(26)27-14-16-4-2-1-3-5-16/h1-12H,13-14H2. The molecule has 0 aliphatic carbocycles. The summed E-state index contributed by atoms with van der Waals surface area (Å²) in [5.74, 6) is -1.54. The summed E-state index contributed by atoms with van der Waals surface area (Å²) >= 11 is 3.35. The van der Waals surface area contributed by atoms with E-state index in [1.54, 1.807) is 0 Å². The molecule has 0 saturated carbocycles. The molecule has 0 unspecified atom stereocenters. The Balaban J connectivity index is 1.84. The number of nitrogens with zero attached hydrogens (tertiary/aromatic N) is 1. The molecular weight excluding hydrogens is 416 g/mol. The average Bonchev–Trinajstić information content (AvgIpc) is 2.67. The first kappa shape index (κ1) is 19.0. The molecule has 0 radical (unpaired) electrons. The molecule has 3 rings (SSSR count). The fraction of sp³-hybridized carbons (Fsp3) is 0.0952. The summed E-state index contributed by atoms with van der Waals surface area (Å²) < 4.78 is 33.8. The van der Waals surface area contributed by atoms with Gasteiger partial charge < -0.3 is 4.74 Å².